The van der Waals surface area contributed by atoms with Gasteiger partial charge in [-0.05, 0) is 24.3 Å². The zero-order valence-electron chi connectivity index (χ0n) is 11.9. The molecule has 0 aliphatic rings. The first kappa shape index (κ1) is 13.8. The third kappa shape index (κ3) is 2.83. The van der Waals surface area contributed by atoms with Gasteiger partial charge in [-0.25, -0.2) is 0 Å². The zero-order valence-corrected chi connectivity index (χ0v) is 12.7. The predicted molar refractivity (Wildman–Crippen MR) is 78.9 cm³/mol. The largest absolute Gasteiger partial charge is 0.360 e. The number of rotatable bonds is 2. The summed E-state index contributed by atoms with van der Waals surface area (Å²) in [6.07, 6.45) is 0. The van der Waals surface area contributed by atoms with Crippen molar-refractivity contribution in [3.63, 3.8) is 0 Å². The van der Waals surface area contributed by atoms with Gasteiger partial charge >= 0.3 is 0 Å². The minimum absolute atomic E-state index is 0.121. The van der Waals surface area contributed by atoms with Crippen molar-refractivity contribution < 1.29 is 9.05 Å². The fraction of sp³-hybridized carbons (Fsp3) is 0.267. The second-order valence-electron chi connectivity index (χ2n) is 5.76. The Bertz CT molecular complexity index is 754. The third-order valence-corrected chi connectivity index (χ3v) is 3.25. The second kappa shape index (κ2) is 5.00. The topological polar surface area (TPSA) is 65.0 Å². The number of nitrogens with zero attached hydrogens (tertiary/aromatic N) is 3. The van der Waals surface area contributed by atoms with E-state index in [-0.39, 0.29) is 5.41 Å². The molecule has 0 saturated heterocycles. The molecule has 0 unspecified atom stereocenters. The van der Waals surface area contributed by atoms with Gasteiger partial charge in [-0.15, -0.1) is 0 Å². The standard InChI is InChI=1S/C15H14ClN3O2/c1-15(2,3)12-8-11(18-20-12)14-17-13(19-21-14)9-4-6-10(16)7-5-9/h4-8H,1-3H3. The summed E-state index contributed by atoms with van der Waals surface area (Å²) < 4.78 is 10.6. The van der Waals surface area contributed by atoms with Gasteiger partial charge in [-0.2, -0.15) is 4.98 Å². The van der Waals surface area contributed by atoms with Crippen LogP contribution in [0.4, 0.5) is 0 Å². The van der Waals surface area contributed by atoms with E-state index in [1.54, 1.807) is 12.1 Å². The summed E-state index contributed by atoms with van der Waals surface area (Å²) in [6, 6.07) is 9.04. The lowest BCUT2D eigenvalue weighted by molar-refractivity contribution is 0.328. The van der Waals surface area contributed by atoms with Crippen molar-refractivity contribution in [3.05, 3.63) is 41.1 Å². The van der Waals surface area contributed by atoms with Gasteiger partial charge < -0.3 is 9.05 Å². The fourth-order valence-electron chi connectivity index (χ4n) is 1.77. The highest BCUT2D eigenvalue weighted by atomic mass is 35.5. The van der Waals surface area contributed by atoms with Crippen LogP contribution in [0.25, 0.3) is 23.0 Å². The molecule has 0 aliphatic heterocycles. The molecular formula is C15H14ClN3O2. The maximum absolute atomic E-state index is 5.86. The van der Waals surface area contributed by atoms with Crippen molar-refractivity contribution in [2.45, 2.75) is 26.2 Å². The summed E-state index contributed by atoms with van der Waals surface area (Å²) in [5.74, 6) is 1.59. The van der Waals surface area contributed by atoms with Crippen LogP contribution in [0, 0.1) is 0 Å². The molecule has 21 heavy (non-hydrogen) atoms. The molecule has 0 atom stereocenters. The van der Waals surface area contributed by atoms with Crippen LogP contribution in [0.15, 0.2) is 39.4 Å². The minimum Gasteiger partial charge on any atom is -0.360 e. The van der Waals surface area contributed by atoms with Gasteiger partial charge in [0.2, 0.25) is 5.82 Å². The Balaban J connectivity index is 1.91. The molecule has 0 N–H and O–H groups in total. The van der Waals surface area contributed by atoms with Crippen LogP contribution >= 0.6 is 11.6 Å². The molecule has 0 radical (unpaired) electrons. The van der Waals surface area contributed by atoms with E-state index in [2.05, 4.69) is 15.3 Å². The molecular weight excluding hydrogens is 290 g/mol. The lowest BCUT2D eigenvalue weighted by Crippen LogP contribution is -2.09. The molecule has 0 fully saturated rings. The van der Waals surface area contributed by atoms with Crippen molar-refractivity contribution >= 4 is 11.6 Å². The molecule has 0 saturated carbocycles. The van der Waals surface area contributed by atoms with Crippen molar-refractivity contribution in [1.82, 2.24) is 15.3 Å². The van der Waals surface area contributed by atoms with Gasteiger partial charge in [-0.3, -0.25) is 0 Å². The maximum atomic E-state index is 5.86. The maximum Gasteiger partial charge on any atom is 0.280 e. The lowest BCUT2D eigenvalue weighted by Gasteiger charge is -2.11. The normalized spacial score (nSPS) is 11.8. The summed E-state index contributed by atoms with van der Waals surface area (Å²) in [5, 5.41) is 8.60. The fourth-order valence-corrected chi connectivity index (χ4v) is 1.90. The second-order valence-corrected chi connectivity index (χ2v) is 6.19. The van der Waals surface area contributed by atoms with E-state index in [9.17, 15) is 0 Å². The highest BCUT2D eigenvalue weighted by molar-refractivity contribution is 6.30. The van der Waals surface area contributed by atoms with Gasteiger partial charge in [0.1, 0.15) is 5.76 Å². The molecule has 0 spiro atoms. The van der Waals surface area contributed by atoms with Crippen LogP contribution in [-0.4, -0.2) is 15.3 Å². The van der Waals surface area contributed by atoms with Gasteiger partial charge in [0.25, 0.3) is 5.89 Å². The van der Waals surface area contributed by atoms with E-state index in [4.69, 9.17) is 20.6 Å². The Hall–Kier alpha value is -2.14. The van der Waals surface area contributed by atoms with Crippen molar-refractivity contribution in [2.75, 3.05) is 0 Å². The number of benzene rings is 1. The molecule has 0 amide bonds. The highest BCUT2D eigenvalue weighted by Crippen LogP contribution is 2.27. The van der Waals surface area contributed by atoms with E-state index < -0.39 is 0 Å². The monoisotopic (exact) mass is 303 g/mol. The van der Waals surface area contributed by atoms with Gasteiger partial charge in [0, 0.05) is 22.1 Å². The van der Waals surface area contributed by atoms with Gasteiger partial charge in [-0.1, -0.05) is 42.7 Å². The molecule has 108 valence electrons. The number of hydrogen-bond donors (Lipinski definition) is 0. The molecule has 0 bridgehead atoms. The van der Waals surface area contributed by atoms with Crippen LogP contribution in [-0.2, 0) is 5.41 Å². The van der Waals surface area contributed by atoms with Crippen LogP contribution < -0.4 is 0 Å². The Morgan fingerprint density at radius 2 is 1.71 bits per heavy atom. The highest BCUT2D eigenvalue weighted by Gasteiger charge is 2.22. The van der Waals surface area contributed by atoms with Crippen molar-refractivity contribution in [3.8, 4) is 23.0 Å². The molecule has 6 heteroatoms. The molecule has 2 aromatic heterocycles. The van der Waals surface area contributed by atoms with Crippen LogP contribution in [0.3, 0.4) is 0 Å². The zero-order chi connectivity index (χ0) is 15.0. The van der Waals surface area contributed by atoms with Crippen molar-refractivity contribution in [1.29, 1.82) is 0 Å². The van der Waals surface area contributed by atoms with E-state index >= 15 is 0 Å². The lowest BCUT2D eigenvalue weighted by atomic mass is 9.93. The van der Waals surface area contributed by atoms with Crippen LogP contribution in [0.5, 0.6) is 0 Å². The van der Waals surface area contributed by atoms with Gasteiger partial charge in [0.15, 0.2) is 5.69 Å². The molecule has 1 aromatic carbocycles. The summed E-state index contributed by atoms with van der Waals surface area (Å²) in [7, 11) is 0. The number of hydrogen-bond acceptors (Lipinski definition) is 5. The SMILES string of the molecule is CC(C)(C)c1cc(-c2nc(-c3ccc(Cl)cc3)no2)no1. The van der Waals surface area contributed by atoms with E-state index in [0.29, 0.717) is 22.4 Å². The average molecular weight is 304 g/mol. The summed E-state index contributed by atoms with van der Waals surface area (Å²) >= 11 is 5.86. The van der Waals surface area contributed by atoms with E-state index in [1.165, 1.54) is 0 Å². The summed E-state index contributed by atoms with van der Waals surface area (Å²) in [5.41, 5.74) is 1.24. The minimum atomic E-state index is -0.121. The van der Waals surface area contributed by atoms with E-state index in [0.717, 1.165) is 11.3 Å². The third-order valence-electron chi connectivity index (χ3n) is 3.00. The molecule has 3 rings (SSSR count). The average Bonchev–Trinajstić information content (AvgIpc) is 3.07. The molecule has 5 nitrogen and oxygen atoms in total. The summed E-state index contributed by atoms with van der Waals surface area (Å²) in [6.45, 7) is 6.14. The predicted octanol–water partition coefficient (Wildman–Crippen LogP) is 4.34. The molecule has 2 heterocycles. The quantitative estimate of drug-likeness (QED) is 0.704. The Labute approximate surface area is 126 Å². The summed E-state index contributed by atoms with van der Waals surface area (Å²) in [4.78, 5) is 4.33. The first-order chi connectivity index (χ1) is 9.93. The van der Waals surface area contributed by atoms with Crippen LogP contribution in [0.2, 0.25) is 5.02 Å². The molecule has 0 aliphatic carbocycles. The molecule has 3 aromatic rings. The number of halogens is 1. The first-order valence-corrected chi connectivity index (χ1v) is 6.88. The Kier molecular flexibility index (Phi) is 3.29. The number of aromatic nitrogens is 3. The van der Waals surface area contributed by atoms with Crippen molar-refractivity contribution in [2.24, 2.45) is 0 Å². The smallest absolute Gasteiger partial charge is 0.280 e. The Morgan fingerprint density at radius 3 is 2.33 bits per heavy atom. The van der Waals surface area contributed by atoms with E-state index in [1.807, 2.05) is 39.0 Å². The van der Waals surface area contributed by atoms with Crippen LogP contribution in [0.1, 0.15) is 26.5 Å². The first-order valence-electron chi connectivity index (χ1n) is 6.51. The Morgan fingerprint density at radius 1 is 1.00 bits per heavy atom. The van der Waals surface area contributed by atoms with Gasteiger partial charge in [0.05, 0.1) is 0 Å².